The molecule has 1 heterocycles. The Bertz CT molecular complexity index is 442. The molecule has 0 radical (unpaired) electrons. The van der Waals surface area contributed by atoms with Crippen LogP contribution in [0.3, 0.4) is 0 Å². The van der Waals surface area contributed by atoms with Crippen molar-refractivity contribution in [1.82, 2.24) is 9.97 Å². The van der Waals surface area contributed by atoms with Gasteiger partial charge in [0.25, 0.3) is 0 Å². The Balaban J connectivity index is 2.66. The average Bonchev–Trinajstić information content (AvgIpc) is 2.17. The first kappa shape index (κ1) is 8.31. The zero-order valence-corrected chi connectivity index (χ0v) is 8.01. The summed E-state index contributed by atoms with van der Waals surface area (Å²) in [4.78, 5) is 9.26. The fourth-order valence-corrected chi connectivity index (χ4v) is 1.60. The molecule has 2 aromatic rings. The Hall–Kier alpha value is -1.29. The van der Waals surface area contributed by atoms with Crippen molar-refractivity contribution in [2.24, 2.45) is 0 Å². The van der Waals surface area contributed by atoms with E-state index in [0.29, 0.717) is 5.95 Å². The number of rotatable bonds is 1. The molecule has 66 valence electrons. The lowest BCUT2D eigenvalue weighted by Crippen LogP contribution is -1.93. The van der Waals surface area contributed by atoms with Gasteiger partial charge in [-0.25, -0.2) is 9.97 Å². The lowest BCUT2D eigenvalue weighted by Gasteiger charge is -1.99. The largest absolute Gasteiger partial charge is 0.368 e. The molecule has 0 bridgehead atoms. The van der Waals surface area contributed by atoms with Crippen molar-refractivity contribution in [1.29, 1.82) is 0 Å². The zero-order valence-electron chi connectivity index (χ0n) is 7.19. The summed E-state index contributed by atoms with van der Waals surface area (Å²) in [7, 11) is 0. The molecule has 1 aromatic heterocycles. The number of nitrogens with zero attached hydrogens (tertiary/aromatic N) is 2. The Morgan fingerprint density at radius 1 is 1.38 bits per heavy atom. The van der Waals surface area contributed by atoms with Crippen LogP contribution in [0.5, 0.6) is 0 Å². The Morgan fingerprint density at radius 3 is 3.00 bits per heavy atom. The van der Waals surface area contributed by atoms with E-state index in [2.05, 4.69) is 16.0 Å². The van der Waals surface area contributed by atoms with Crippen LogP contribution >= 0.6 is 11.8 Å². The number of hydrogen-bond donors (Lipinski definition) is 1. The molecule has 0 aliphatic heterocycles. The van der Waals surface area contributed by atoms with E-state index >= 15 is 0 Å². The lowest BCUT2D eigenvalue weighted by molar-refractivity contribution is 1.23. The van der Waals surface area contributed by atoms with Crippen molar-refractivity contribution in [2.45, 2.75) is 4.90 Å². The quantitative estimate of drug-likeness (QED) is 0.700. The minimum atomic E-state index is 0.324. The molecule has 0 aliphatic rings. The summed E-state index contributed by atoms with van der Waals surface area (Å²) >= 11 is 1.70. The highest BCUT2D eigenvalue weighted by molar-refractivity contribution is 7.98. The Kier molecular flexibility index (Phi) is 2.06. The molecule has 2 rings (SSSR count). The van der Waals surface area contributed by atoms with Crippen LogP contribution in [0.1, 0.15) is 0 Å². The van der Waals surface area contributed by atoms with Crippen LogP contribution in [-0.2, 0) is 0 Å². The molecule has 1 aromatic carbocycles. The van der Waals surface area contributed by atoms with Crippen LogP contribution in [-0.4, -0.2) is 16.2 Å². The van der Waals surface area contributed by atoms with E-state index in [1.807, 2.05) is 18.4 Å². The molecule has 0 unspecified atom stereocenters. The SMILES string of the molecule is CSc1ccc2nc(N)ncc2c1. The van der Waals surface area contributed by atoms with Gasteiger partial charge in [0.15, 0.2) is 0 Å². The Labute approximate surface area is 80.4 Å². The molecule has 0 saturated heterocycles. The zero-order chi connectivity index (χ0) is 9.26. The van der Waals surface area contributed by atoms with Gasteiger partial charge < -0.3 is 5.73 Å². The number of nitrogen functional groups attached to an aromatic ring is 1. The summed E-state index contributed by atoms with van der Waals surface area (Å²) in [5, 5.41) is 1.03. The van der Waals surface area contributed by atoms with E-state index in [4.69, 9.17) is 5.73 Å². The normalized spacial score (nSPS) is 10.5. The van der Waals surface area contributed by atoms with Crippen molar-refractivity contribution < 1.29 is 0 Å². The predicted molar refractivity (Wildman–Crippen MR) is 55.7 cm³/mol. The molecular formula is C9H9N3S. The first-order valence-corrected chi connectivity index (χ1v) is 5.08. The summed E-state index contributed by atoms with van der Waals surface area (Å²) in [6.07, 6.45) is 3.79. The maximum absolute atomic E-state index is 5.47. The van der Waals surface area contributed by atoms with Gasteiger partial charge in [-0.15, -0.1) is 11.8 Å². The first-order chi connectivity index (χ1) is 6.29. The number of anilines is 1. The van der Waals surface area contributed by atoms with Gasteiger partial charge in [-0.3, -0.25) is 0 Å². The van der Waals surface area contributed by atoms with Crippen molar-refractivity contribution in [2.75, 3.05) is 12.0 Å². The number of nitrogens with two attached hydrogens (primary N) is 1. The van der Waals surface area contributed by atoms with Gasteiger partial charge in [-0.05, 0) is 24.5 Å². The molecule has 2 N–H and O–H groups in total. The molecule has 3 nitrogen and oxygen atoms in total. The average molecular weight is 191 g/mol. The standard InChI is InChI=1S/C9H9N3S/c1-13-7-2-3-8-6(4-7)5-11-9(10)12-8/h2-5H,1H3,(H2,10,11,12). The minimum absolute atomic E-state index is 0.324. The fourth-order valence-electron chi connectivity index (χ4n) is 1.15. The number of fused-ring (bicyclic) bond motifs is 1. The van der Waals surface area contributed by atoms with E-state index in [9.17, 15) is 0 Å². The smallest absolute Gasteiger partial charge is 0.220 e. The number of aromatic nitrogens is 2. The second-order valence-corrected chi connectivity index (χ2v) is 3.53. The molecule has 0 saturated carbocycles. The maximum Gasteiger partial charge on any atom is 0.220 e. The van der Waals surface area contributed by atoms with Crippen LogP contribution in [0.4, 0.5) is 5.95 Å². The van der Waals surface area contributed by atoms with E-state index in [0.717, 1.165) is 10.9 Å². The minimum Gasteiger partial charge on any atom is -0.368 e. The third-order valence-electron chi connectivity index (χ3n) is 1.81. The molecule has 13 heavy (non-hydrogen) atoms. The van der Waals surface area contributed by atoms with Gasteiger partial charge in [-0.1, -0.05) is 0 Å². The van der Waals surface area contributed by atoms with Crippen LogP contribution in [0.2, 0.25) is 0 Å². The third-order valence-corrected chi connectivity index (χ3v) is 2.53. The van der Waals surface area contributed by atoms with E-state index in [1.54, 1.807) is 18.0 Å². The van der Waals surface area contributed by atoms with Gasteiger partial charge in [-0.2, -0.15) is 0 Å². The van der Waals surface area contributed by atoms with Gasteiger partial charge >= 0.3 is 0 Å². The van der Waals surface area contributed by atoms with Crippen molar-refractivity contribution in [3.8, 4) is 0 Å². The second-order valence-electron chi connectivity index (χ2n) is 2.65. The van der Waals surface area contributed by atoms with E-state index in [-0.39, 0.29) is 0 Å². The van der Waals surface area contributed by atoms with Crippen LogP contribution in [0, 0.1) is 0 Å². The van der Waals surface area contributed by atoms with Crippen molar-refractivity contribution in [3.05, 3.63) is 24.4 Å². The van der Waals surface area contributed by atoms with Gasteiger partial charge in [0, 0.05) is 16.5 Å². The third kappa shape index (κ3) is 1.58. The second kappa shape index (κ2) is 3.22. The number of thioether (sulfide) groups is 1. The molecule has 0 aliphatic carbocycles. The topological polar surface area (TPSA) is 51.8 Å². The van der Waals surface area contributed by atoms with Crippen LogP contribution in [0.25, 0.3) is 10.9 Å². The highest BCUT2D eigenvalue weighted by atomic mass is 32.2. The summed E-state index contributed by atoms with van der Waals surface area (Å²) < 4.78 is 0. The maximum atomic E-state index is 5.47. The molecule has 0 spiro atoms. The highest BCUT2D eigenvalue weighted by Gasteiger charge is 1.97. The molecular weight excluding hydrogens is 182 g/mol. The number of benzene rings is 1. The monoisotopic (exact) mass is 191 g/mol. The van der Waals surface area contributed by atoms with E-state index in [1.165, 1.54) is 4.90 Å². The first-order valence-electron chi connectivity index (χ1n) is 3.86. The molecule has 0 fully saturated rings. The summed E-state index contributed by atoms with van der Waals surface area (Å²) in [6, 6.07) is 6.04. The number of hydrogen-bond acceptors (Lipinski definition) is 4. The summed E-state index contributed by atoms with van der Waals surface area (Å²) in [6.45, 7) is 0. The molecule has 4 heteroatoms. The van der Waals surface area contributed by atoms with Crippen molar-refractivity contribution in [3.63, 3.8) is 0 Å². The fraction of sp³-hybridized carbons (Fsp3) is 0.111. The molecule has 0 amide bonds. The highest BCUT2D eigenvalue weighted by Crippen LogP contribution is 2.20. The summed E-state index contributed by atoms with van der Waals surface area (Å²) in [5.41, 5.74) is 6.36. The molecule has 0 atom stereocenters. The lowest BCUT2D eigenvalue weighted by atomic mass is 10.2. The van der Waals surface area contributed by atoms with E-state index < -0.39 is 0 Å². The van der Waals surface area contributed by atoms with Gasteiger partial charge in [0.05, 0.1) is 5.52 Å². The summed E-state index contributed by atoms with van der Waals surface area (Å²) in [5.74, 6) is 0.324. The van der Waals surface area contributed by atoms with Gasteiger partial charge in [0.2, 0.25) is 5.95 Å². The van der Waals surface area contributed by atoms with Gasteiger partial charge in [0.1, 0.15) is 0 Å². The Morgan fingerprint density at radius 2 is 2.23 bits per heavy atom. The van der Waals surface area contributed by atoms with Crippen LogP contribution in [0.15, 0.2) is 29.3 Å². The van der Waals surface area contributed by atoms with Crippen molar-refractivity contribution >= 4 is 28.6 Å². The predicted octanol–water partition coefficient (Wildman–Crippen LogP) is 1.93. The van der Waals surface area contributed by atoms with Crippen LogP contribution < -0.4 is 5.73 Å².